The molecule has 148 valence electrons. The standard InChI is InChI=1S/C23H25N5O/c1-2-20-19(16-25-23(26-20)28-13-6-7-14-28)22(29)27-21(17-9-4-3-5-10-17)18-11-8-12-24-15-18/h3-5,8-12,15-16,21H,2,6-7,13-14H2,1H3,(H,27,29)/t21-/m0/s1. The molecule has 29 heavy (non-hydrogen) atoms. The maximum absolute atomic E-state index is 13.2. The zero-order valence-electron chi connectivity index (χ0n) is 16.6. The van der Waals surface area contributed by atoms with Gasteiger partial charge in [-0.05, 0) is 36.5 Å². The molecule has 6 nitrogen and oxygen atoms in total. The predicted molar refractivity (Wildman–Crippen MR) is 113 cm³/mol. The van der Waals surface area contributed by atoms with Crippen LogP contribution < -0.4 is 10.2 Å². The zero-order chi connectivity index (χ0) is 20.1. The summed E-state index contributed by atoms with van der Waals surface area (Å²) in [6, 6.07) is 13.5. The van der Waals surface area contributed by atoms with Gasteiger partial charge >= 0.3 is 0 Å². The number of benzene rings is 1. The van der Waals surface area contributed by atoms with Crippen LogP contribution in [0.15, 0.2) is 61.1 Å². The first kappa shape index (κ1) is 19.1. The molecule has 0 radical (unpaired) electrons. The summed E-state index contributed by atoms with van der Waals surface area (Å²) in [5.41, 5.74) is 3.24. The van der Waals surface area contributed by atoms with E-state index in [9.17, 15) is 4.79 Å². The fourth-order valence-electron chi connectivity index (χ4n) is 3.70. The maximum Gasteiger partial charge on any atom is 0.255 e. The van der Waals surface area contributed by atoms with Gasteiger partial charge in [0, 0.05) is 31.7 Å². The monoisotopic (exact) mass is 387 g/mol. The molecule has 1 aliphatic heterocycles. The smallest absolute Gasteiger partial charge is 0.255 e. The van der Waals surface area contributed by atoms with E-state index in [1.165, 1.54) is 0 Å². The van der Waals surface area contributed by atoms with Crippen LogP contribution in [0.5, 0.6) is 0 Å². The van der Waals surface area contributed by atoms with Gasteiger partial charge in [-0.25, -0.2) is 9.97 Å². The minimum atomic E-state index is -0.291. The van der Waals surface area contributed by atoms with Crippen LogP contribution in [0.1, 0.15) is 53.0 Å². The molecule has 0 aliphatic carbocycles. The average molecular weight is 387 g/mol. The average Bonchev–Trinajstić information content (AvgIpc) is 3.33. The Balaban J connectivity index is 1.62. The molecule has 1 N–H and O–H groups in total. The number of rotatable bonds is 6. The van der Waals surface area contributed by atoms with Crippen LogP contribution in [-0.2, 0) is 6.42 Å². The van der Waals surface area contributed by atoms with Crippen LogP contribution in [0.3, 0.4) is 0 Å². The number of hydrogen-bond acceptors (Lipinski definition) is 5. The number of carbonyl (C=O) groups excluding carboxylic acids is 1. The Morgan fingerprint density at radius 2 is 1.83 bits per heavy atom. The third-order valence-corrected chi connectivity index (χ3v) is 5.25. The van der Waals surface area contributed by atoms with Crippen molar-refractivity contribution in [2.75, 3.05) is 18.0 Å². The minimum Gasteiger partial charge on any atom is -0.341 e. The summed E-state index contributed by atoms with van der Waals surface area (Å²) < 4.78 is 0. The van der Waals surface area contributed by atoms with Crippen molar-refractivity contribution in [3.63, 3.8) is 0 Å². The molecule has 4 rings (SSSR count). The number of hydrogen-bond donors (Lipinski definition) is 1. The molecular formula is C23H25N5O. The first-order valence-electron chi connectivity index (χ1n) is 10.1. The van der Waals surface area contributed by atoms with Crippen molar-refractivity contribution in [2.45, 2.75) is 32.2 Å². The molecule has 0 saturated carbocycles. The van der Waals surface area contributed by atoms with E-state index in [1.54, 1.807) is 18.6 Å². The van der Waals surface area contributed by atoms with Gasteiger partial charge in [0.15, 0.2) is 0 Å². The SMILES string of the molecule is CCc1nc(N2CCCC2)ncc1C(=O)N[C@@H](c1ccccc1)c1cccnc1. The second-order valence-corrected chi connectivity index (χ2v) is 7.18. The van der Waals surface area contributed by atoms with Gasteiger partial charge in [-0.1, -0.05) is 43.3 Å². The number of nitrogens with one attached hydrogen (secondary N) is 1. The molecule has 1 aromatic carbocycles. The Labute approximate surface area is 171 Å². The third kappa shape index (κ3) is 4.26. The number of carbonyl (C=O) groups is 1. The molecule has 0 bridgehead atoms. The quantitative estimate of drug-likeness (QED) is 0.700. The minimum absolute atomic E-state index is 0.174. The molecule has 3 heterocycles. The highest BCUT2D eigenvalue weighted by atomic mass is 16.1. The molecule has 3 aromatic rings. The van der Waals surface area contributed by atoms with Crippen molar-refractivity contribution in [3.8, 4) is 0 Å². The molecule has 1 aliphatic rings. The number of anilines is 1. The number of nitrogens with zero attached hydrogens (tertiary/aromatic N) is 4. The van der Waals surface area contributed by atoms with Crippen molar-refractivity contribution >= 4 is 11.9 Å². The molecular weight excluding hydrogens is 362 g/mol. The first-order valence-corrected chi connectivity index (χ1v) is 10.1. The van der Waals surface area contributed by atoms with E-state index in [2.05, 4.69) is 25.2 Å². The Bertz CT molecular complexity index is 916. The van der Waals surface area contributed by atoms with Crippen LogP contribution in [-0.4, -0.2) is 33.9 Å². The summed E-state index contributed by atoms with van der Waals surface area (Å²) in [7, 11) is 0. The van der Waals surface area contributed by atoms with Crippen LogP contribution in [0, 0.1) is 0 Å². The largest absolute Gasteiger partial charge is 0.341 e. The van der Waals surface area contributed by atoms with Crippen LogP contribution >= 0.6 is 0 Å². The summed E-state index contributed by atoms with van der Waals surface area (Å²) in [4.78, 5) is 28.8. The van der Waals surface area contributed by atoms with E-state index in [-0.39, 0.29) is 11.9 Å². The molecule has 6 heteroatoms. The highest BCUT2D eigenvalue weighted by Gasteiger charge is 2.22. The molecule has 1 saturated heterocycles. The molecule has 1 amide bonds. The van der Waals surface area contributed by atoms with Gasteiger partial charge in [0.05, 0.1) is 17.3 Å². The first-order chi connectivity index (χ1) is 14.3. The molecule has 2 aromatic heterocycles. The Hall–Kier alpha value is -3.28. The molecule has 1 fully saturated rings. The summed E-state index contributed by atoms with van der Waals surface area (Å²) in [5, 5.41) is 3.16. The number of amides is 1. The van der Waals surface area contributed by atoms with Crippen molar-refractivity contribution in [1.82, 2.24) is 20.3 Å². The Morgan fingerprint density at radius 3 is 2.52 bits per heavy atom. The molecule has 1 atom stereocenters. The van der Waals surface area contributed by atoms with Crippen LogP contribution in [0.4, 0.5) is 5.95 Å². The lowest BCUT2D eigenvalue weighted by Crippen LogP contribution is -2.31. The van der Waals surface area contributed by atoms with E-state index in [1.807, 2.05) is 49.4 Å². The lowest BCUT2D eigenvalue weighted by molar-refractivity contribution is 0.0941. The van der Waals surface area contributed by atoms with Gasteiger partial charge < -0.3 is 10.2 Å². The summed E-state index contributed by atoms with van der Waals surface area (Å²) >= 11 is 0. The van der Waals surface area contributed by atoms with E-state index in [0.29, 0.717) is 12.0 Å². The highest BCUT2D eigenvalue weighted by Crippen LogP contribution is 2.23. The second-order valence-electron chi connectivity index (χ2n) is 7.18. The fourth-order valence-corrected chi connectivity index (χ4v) is 3.70. The van der Waals surface area contributed by atoms with Gasteiger partial charge in [-0.2, -0.15) is 0 Å². The highest BCUT2D eigenvalue weighted by molar-refractivity contribution is 5.95. The summed E-state index contributed by atoms with van der Waals surface area (Å²) in [6.07, 6.45) is 8.18. The normalized spacial score (nSPS) is 14.6. The van der Waals surface area contributed by atoms with Crippen LogP contribution in [0.25, 0.3) is 0 Å². The van der Waals surface area contributed by atoms with E-state index in [0.717, 1.165) is 48.7 Å². The van der Waals surface area contributed by atoms with Crippen molar-refractivity contribution in [2.24, 2.45) is 0 Å². The van der Waals surface area contributed by atoms with Crippen molar-refractivity contribution in [3.05, 3.63) is 83.4 Å². The summed E-state index contributed by atoms with van der Waals surface area (Å²) in [5.74, 6) is 0.551. The summed E-state index contributed by atoms with van der Waals surface area (Å²) in [6.45, 7) is 3.97. The molecule has 0 unspecified atom stereocenters. The Kier molecular flexibility index (Phi) is 5.79. The third-order valence-electron chi connectivity index (χ3n) is 5.25. The zero-order valence-corrected chi connectivity index (χ0v) is 16.6. The van der Waals surface area contributed by atoms with E-state index in [4.69, 9.17) is 0 Å². The topological polar surface area (TPSA) is 71.0 Å². The number of aromatic nitrogens is 3. The predicted octanol–water partition coefficient (Wildman–Crippen LogP) is 3.55. The van der Waals surface area contributed by atoms with Gasteiger partial charge in [0.25, 0.3) is 5.91 Å². The van der Waals surface area contributed by atoms with Crippen LogP contribution in [0.2, 0.25) is 0 Å². The van der Waals surface area contributed by atoms with E-state index < -0.39 is 0 Å². The fraction of sp³-hybridized carbons (Fsp3) is 0.304. The van der Waals surface area contributed by atoms with Gasteiger partial charge in [-0.15, -0.1) is 0 Å². The number of pyridine rings is 1. The van der Waals surface area contributed by atoms with Gasteiger partial charge in [-0.3, -0.25) is 9.78 Å². The lowest BCUT2D eigenvalue weighted by Gasteiger charge is -2.21. The van der Waals surface area contributed by atoms with Crippen molar-refractivity contribution in [1.29, 1.82) is 0 Å². The second kappa shape index (κ2) is 8.82. The lowest BCUT2D eigenvalue weighted by atomic mass is 9.99. The van der Waals surface area contributed by atoms with Gasteiger partial charge in [0.1, 0.15) is 0 Å². The maximum atomic E-state index is 13.2. The van der Waals surface area contributed by atoms with Crippen molar-refractivity contribution < 1.29 is 4.79 Å². The van der Waals surface area contributed by atoms with E-state index >= 15 is 0 Å². The Morgan fingerprint density at radius 1 is 1.07 bits per heavy atom. The number of aryl methyl sites for hydroxylation is 1. The van der Waals surface area contributed by atoms with Gasteiger partial charge in [0.2, 0.25) is 5.95 Å². The molecule has 0 spiro atoms.